The van der Waals surface area contributed by atoms with Gasteiger partial charge in [-0.2, -0.15) is 0 Å². The fourth-order valence-corrected chi connectivity index (χ4v) is 3.66. The molecule has 2 aromatic carbocycles. The molecule has 0 saturated heterocycles. The molecule has 28 heavy (non-hydrogen) atoms. The summed E-state index contributed by atoms with van der Waals surface area (Å²) in [6.07, 6.45) is 1.10. The molecule has 4 heteroatoms. The molecule has 0 aliphatic carbocycles. The van der Waals surface area contributed by atoms with Crippen molar-refractivity contribution in [2.75, 3.05) is 0 Å². The number of benzene rings is 2. The topological polar surface area (TPSA) is 57.8 Å². The molecule has 0 saturated carbocycles. The minimum atomic E-state index is -0.0895. The van der Waals surface area contributed by atoms with Gasteiger partial charge >= 0.3 is 0 Å². The Kier molecular flexibility index (Phi) is 6.30. The molecule has 0 fully saturated rings. The zero-order chi connectivity index (χ0) is 20.3. The lowest BCUT2D eigenvalue weighted by Gasteiger charge is -2.27. The minimum absolute atomic E-state index is 0.0694. The molecule has 0 aliphatic heterocycles. The lowest BCUT2D eigenvalue weighted by molar-refractivity contribution is 0.367. The smallest absolute Gasteiger partial charge is 0.258 e. The van der Waals surface area contributed by atoms with Crippen molar-refractivity contribution in [1.82, 2.24) is 15.3 Å². The zero-order valence-electron chi connectivity index (χ0n) is 17.5. The first kappa shape index (κ1) is 20.3. The third kappa shape index (κ3) is 4.68. The Morgan fingerprint density at radius 1 is 0.964 bits per heavy atom. The van der Waals surface area contributed by atoms with Crippen LogP contribution in [-0.4, -0.2) is 9.97 Å². The van der Waals surface area contributed by atoms with E-state index in [1.54, 1.807) is 6.07 Å². The van der Waals surface area contributed by atoms with Crippen molar-refractivity contribution in [3.05, 3.63) is 75.8 Å². The van der Waals surface area contributed by atoms with E-state index in [1.165, 1.54) is 11.1 Å². The molecule has 0 spiro atoms. The zero-order valence-corrected chi connectivity index (χ0v) is 17.5. The Bertz CT molecular complexity index is 973. The van der Waals surface area contributed by atoms with Crippen molar-refractivity contribution < 1.29 is 0 Å². The highest BCUT2D eigenvalue weighted by molar-refractivity contribution is 5.77. The van der Waals surface area contributed by atoms with Crippen LogP contribution in [-0.2, 0) is 6.42 Å². The highest BCUT2D eigenvalue weighted by atomic mass is 16.1. The number of H-pyrrole nitrogens is 1. The molecule has 1 heterocycles. The van der Waals surface area contributed by atoms with Crippen molar-refractivity contribution in [2.45, 2.75) is 53.1 Å². The van der Waals surface area contributed by atoms with E-state index in [1.807, 2.05) is 18.2 Å². The van der Waals surface area contributed by atoms with E-state index >= 15 is 0 Å². The molecule has 1 aromatic heterocycles. The molecule has 0 bridgehead atoms. The van der Waals surface area contributed by atoms with E-state index in [0.717, 1.165) is 11.9 Å². The average Bonchev–Trinajstić information content (AvgIpc) is 2.66. The molecule has 4 nitrogen and oxygen atoms in total. The van der Waals surface area contributed by atoms with Crippen LogP contribution in [0.1, 0.15) is 63.7 Å². The maximum atomic E-state index is 12.4. The lowest BCUT2D eigenvalue weighted by Crippen LogP contribution is -2.30. The largest absolute Gasteiger partial charge is 0.309 e. The van der Waals surface area contributed by atoms with Crippen LogP contribution in [0.25, 0.3) is 10.9 Å². The van der Waals surface area contributed by atoms with Gasteiger partial charge in [-0.25, -0.2) is 4.98 Å². The number of fused-ring (bicyclic) bond motifs is 1. The molecule has 3 aromatic rings. The number of hydrogen-bond donors (Lipinski definition) is 2. The Morgan fingerprint density at radius 2 is 1.64 bits per heavy atom. The highest BCUT2D eigenvalue weighted by Gasteiger charge is 2.20. The van der Waals surface area contributed by atoms with Crippen LogP contribution in [0.4, 0.5) is 0 Å². The van der Waals surface area contributed by atoms with Crippen LogP contribution in [0.15, 0.2) is 53.3 Å². The molecular weight excluding hydrogens is 346 g/mol. The van der Waals surface area contributed by atoms with Gasteiger partial charge in [-0.1, -0.05) is 64.1 Å². The summed E-state index contributed by atoms with van der Waals surface area (Å²) in [6.45, 7) is 11.0. The van der Waals surface area contributed by atoms with Crippen LogP contribution >= 0.6 is 0 Å². The number of rotatable bonds is 7. The summed E-state index contributed by atoms with van der Waals surface area (Å²) >= 11 is 0. The van der Waals surface area contributed by atoms with Crippen LogP contribution in [0.3, 0.4) is 0 Å². The molecule has 2 atom stereocenters. The average molecular weight is 378 g/mol. The van der Waals surface area contributed by atoms with Crippen molar-refractivity contribution in [2.24, 2.45) is 11.8 Å². The Labute approximate surface area is 167 Å². The number of aromatic amines is 1. The lowest BCUT2D eigenvalue weighted by atomic mass is 9.93. The van der Waals surface area contributed by atoms with Gasteiger partial charge in [0.25, 0.3) is 5.56 Å². The van der Waals surface area contributed by atoms with Crippen molar-refractivity contribution >= 4 is 10.9 Å². The van der Waals surface area contributed by atoms with E-state index in [4.69, 9.17) is 0 Å². The third-order valence-corrected chi connectivity index (χ3v) is 5.12. The van der Waals surface area contributed by atoms with Gasteiger partial charge in [-0.05, 0) is 48.4 Å². The number of nitrogens with one attached hydrogen (secondary N) is 2. The van der Waals surface area contributed by atoms with Gasteiger partial charge in [0.2, 0.25) is 0 Å². The SMILES string of the molecule is CC(C)Cc1ccc([C@H](N[C@H](C)c2nc3ccccc3c(=O)[nH]2)C(C)C)cc1. The molecule has 3 rings (SSSR count). The predicted molar refractivity (Wildman–Crippen MR) is 116 cm³/mol. The summed E-state index contributed by atoms with van der Waals surface area (Å²) < 4.78 is 0. The fraction of sp³-hybridized carbons (Fsp3) is 0.417. The summed E-state index contributed by atoms with van der Waals surface area (Å²) in [6, 6.07) is 16.5. The van der Waals surface area contributed by atoms with E-state index in [2.05, 4.69) is 74.2 Å². The summed E-state index contributed by atoms with van der Waals surface area (Å²) in [5.74, 6) is 1.73. The van der Waals surface area contributed by atoms with Gasteiger partial charge in [-0.3, -0.25) is 4.79 Å². The first-order valence-electron chi connectivity index (χ1n) is 10.2. The number of nitrogens with zero attached hydrogens (tertiary/aromatic N) is 1. The molecule has 2 N–H and O–H groups in total. The first-order chi connectivity index (χ1) is 13.3. The predicted octanol–water partition coefficient (Wildman–Crippen LogP) is 5.17. The second-order valence-electron chi connectivity index (χ2n) is 8.42. The fourth-order valence-electron chi connectivity index (χ4n) is 3.66. The maximum absolute atomic E-state index is 12.4. The van der Waals surface area contributed by atoms with Gasteiger partial charge in [0.15, 0.2) is 0 Å². The van der Waals surface area contributed by atoms with Crippen LogP contribution in [0.2, 0.25) is 0 Å². The molecule has 148 valence electrons. The third-order valence-electron chi connectivity index (χ3n) is 5.12. The summed E-state index contributed by atoms with van der Waals surface area (Å²) in [4.78, 5) is 20.0. The summed E-state index contributed by atoms with van der Waals surface area (Å²) in [5.41, 5.74) is 3.27. The van der Waals surface area contributed by atoms with Crippen molar-refractivity contribution in [1.29, 1.82) is 0 Å². The van der Waals surface area contributed by atoms with E-state index in [-0.39, 0.29) is 17.6 Å². The Balaban J connectivity index is 1.83. The van der Waals surface area contributed by atoms with Gasteiger partial charge in [0, 0.05) is 6.04 Å². The van der Waals surface area contributed by atoms with Crippen molar-refractivity contribution in [3.63, 3.8) is 0 Å². The Hall–Kier alpha value is -2.46. The van der Waals surface area contributed by atoms with E-state index in [9.17, 15) is 4.79 Å². The molecule has 0 radical (unpaired) electrons. The Morgan fingerprint density at radius 3 is 2.29 bits per heavy atom. The minimum Gasteiger partial charge on any atom is -0.309 e. The second-order valence-corrected chi connectivity index (χ2v) is 8.42. The van der Waals surface area contributed by atoms with E-state index in [0.29, 0.717) is 23.0 Å². The maximum Gasteiger partial charge on any atom is 0.258 e. The molecule has 0 aliphatic rings. The number of hydrogen-bond acceptors (Lipinski definition) is 3. The van der Waals surface area contributed by atoms with E-state index < -0.39 is 0 Å². The van der Waals surface area contributed by atoms with Gasteiger partial charge in [0.05, 0.1) is 16.9 Å². The standard InChI is InChI=1S/C24H31N3O/c1-15(2)14-18-10-12-19(13-11-18)22(16(3)4)25-17(5)23-26-21-9-7-6-8-20(21)24(28)27-23/h6-13,15-17,22,25H,14H2,1-5H3,(H,26,27,28)/t17-,22-/m1/s1. The second kappa shape index (κ2) is 8.70. The molecule has 0 unspecified atom stereocenters. The van der Waals surface area contributed by atoms with Crippen LogP contribution in [0.5, 0.6) is 0 Å². The number of aromatic nitrogens is 2. The van der Waals surface area contributed by atoms with Crippen LogP contribution < -0.4 is 10.9 Å². The highest BCUT2D eigenvalue weighted by Crippen LogP contribution is 2.26. The summed E-state index contributed by atoms with van der Waals surface area (Å²) in [7, 11) is 0. The van der Waals surface area contributed by atoms with Gasteiger partial charge in [0.1, 0.15) is 5.82 Å². The van der Waals surface area contributed by atoms with Crippen LogP contribution in [0, 0.1) is 11.8 Å². The normalized spacial score (nSPS) is 14.0. The summed E-state index contributed by atoms with van der Waals surface area (Å²) in [5, 5.41) is 4.29. The van der Waals surface area contributed by atoms with Crippen molar-refractivity contribution in [3.8, 4) is 0 Å². The quantitative estimate of drug-likeness (QED) is 0.597. The molecular formula is C24H31N3O. The molecule has 0 amide bonds. The van der Waals surface area contributed by atoms with Gasteiger partial charge in [-0.15, -0.1) is 0 Å². The monoisotopic (exact) mass is 377 g/mol. The number of para-hydroxylation sites is 1. The first-order valence-corrected chi connectivity index (χ1v) is 10.2. The van der Waals surface area contributed by atoms with Gasteiger partial charge < -0.3 is 10.3 Å².